The van der Waals surface area contributed by atoms with Gasteiger partial charge in [0.05, 0.1) is 22.7 Å². The average Bonchev–Trinajstić information content (AvgIpc) is 2.43. The van der Waals surface area contributed by atoms with Crippen LogP contribution in [0.2, 0.25) is 15.1 Å². The maximum absolute atomic E-state index is 12.8. The summed E-state index contributed by atoms with van der Waals surface area (Å²) >= 11 is 18.2. The van der Waals surface area contributed by atoms with Gasteiger partial charge in [0.1, 0.15) is 5.75 Å². The zero-order valence-corrected chi connectivity index (χ0v) is 12.5. The van der Waals surface area contributed by atoms with Crippen LogP contribution in [0.1, 0.15) is 12.0 Å². The second-order valence-electron chi connectivity index (χ2n) is 3.98. The highest BCUT2D eigenvalue weighted by atomic mass is 35.5. The summed E-state index contributed by atoms with van der Waals surface area (Å²) in [6.45, 7) is 0. The van der Waals surface area contributed by atoms with Gasteiger partial charge in [-0.2, -0.15) is 0 Å². The molecular formula is C14H9Cl3F2O. The molecule has 2 rings (SSSR count). The Bertz CT molecular complexity index is 645. The fourth-order valence-corrected chi connectivity index (χ4v) is 2.58. The Morgan fingerprint density at radius 3 is 2.25 bits per heavy atom. The van der Waals surface area contributed by atoms with Gasteiger partial charge in [-0.1, -0.05) is 40.9 Å². The van der Waals surface area contributed by atoms with Crippen LogP contribution in [0.25, 0.3) is 11.1 Å². The van der Waals surface area contributed by atoms with Gasteiger partial charge in [0.15, 0.2) is 0 Å². The van der Waals surface area contributed by atoms with Crippen molar-refractivity contribution in [2.75, 3.05) is 7.11 Å². The predicted octanol–water partition coefficient (Wildman–Crippen LogP) is 6.26. The van der Waals surface area contributed by atoms with E-state index in [0.29, 0.717) is 21.2 Å². The van der Waals surface area contributed by atoms with Crippen molar-refractivity contribution in [3.05, 3.63) is 51.0 Å². The minimum Gasteiger partial charge on any atom is -0.496 e. The molecule has 6 heteroatoms. The fourth-order valence-electron chi connectivity index (χ4n) is 1.84. The lowest BCUT2D eigenvalue weighted by atomic mass is 10.0. The van der Waals surface area contributed by atoms with Crippen LogP contribution in [0.5, 0.6) is 5.75 Å². The van der Waals surface area contributed by atoms with Gasteiger partial charge in [-0.15, -0.1) is 0 Å². The van der Waals surface area contributed by atoms with Crippen LogP contribution in [0.15, 0.2) is 30.3 Å². The van der Waals surface area contributed by atoms with Crippen molar-refractivity contribution in [2.24, 2.45) is 0 Å². The molecule has 0 heterocycles. The molecular weight excluding hydrogens is 329 g/mol. The van der Waals surface area contributed by atoms with Crippen LogP contribution in [0, 0.1) is 0 Å². The third kappa shape index (κ3) is 2.85. The fraction of sp³-hybridized carbons (Fsp3) is 0.143. The van der Waals surface area contributed by atoms with Crippen molar-refractivity contribution in [1.29, 1.82) is 0 Å². The standard InChI is InChI=1S/C14H9Cl3F2O/c1-20-11-6-7(2-3-8(11)14(18)19)12-9(15)4-5-10(16)13(12)17/h2-6,14H,1H3. The van der Waals surface area contributed by atoms with E-state index in [9.17, 15) is 8.78 Å². The Morgan fingerprint density at radius 1 is 1.00 bits per heavy atom. The molecule has 2 aromatic carbocycles. The van der Waals surface area contributed by atoms with E-state index in [1.165, 1.54) is 25.3 Å². The first kappa shape index (κ1) is 15.4. The van der Waals surface area contributed by atoms with E-state index in [0.717, 1.165) is 0 Å². The third-order valence-corrected chi connectivity index (χ3v) is 3.92. The molecule has 0 aliphatic rings. The molecule has 20 heavy (non-hydrogen) atoms. The largest absolute Gasteiger partial charge is 0.496 e. The van der Waals surface area contributed by atoms with Gasteiger partial charge < -0.3 is 4.74 Å². The summed E-state index contributed by atoms with van der Waals surface area (Å²) < 4.78 is 30.6. The first-order valence-corrected chi connectivity index (χ1v) is 6.69. The highest BCUT2D eigenvalue weighted by molar-refractivity contribution is 6.46. The van der Waals surface area contributed by atoms with E-state index in [4.69, 9.17) is 39.5 Å². The number of alkyl halides is 2. The van der Waals surface area contributed by atoms with Gasteiger partial charge in [-0.05, 0) is 29.8 Å². The zero-order valence-electron chi connectivity index (χ0n) is 10.3. The number of halogens is 5. The van der Waals surface area contributed by atoms with Crippen molar-refractivity contribution in [3.8, 4) is 16.9 Å². The predicted molar refractivity (Wildman–Crippen MR) is 78.4 cm³/mol. The minimum atomic E-state index is -2.62. The highest BCUT2D eigenvalue weighted by Crippen LogP contribution is 2.41. The molecule has 0 radical (unpaired) electrons. The smallest absolute Gasteiger partial charge is 0.267 e. The summed E-state index contributed by atoms with van der Waals surface area (Å²) in [6, 6.07) is 7.42. The van der Waals surface area contributed by atoms with E-state index in [1.54, 1.807) is 12.1 Å². The number of benzene rings is 2. The van der Waals surface area contributed by atoms with Gasteiger partial charge in [-0.3, -0.25) is 0 Å². The lowest BCUT2D eigenvalue weighted by molar-refractivity contribution is 0.147. The number of methoxy groups -OCH3 is 1. The molecule has 2 aromatic rings. The summed E-state index contributed by atoms with van der Waals surface area (Å²) in [6.07, 6.45) is -2.62. The summed E-state index contributed by atoms with van der Waals surface area (Å²) in [5.74, 6) is 0.0737. The van der Waals surface area contributed by atoms with Gasteiger partial charge in [-0.25, -0.2) is 8.78 Å². The molecule has 0 aromatic heterocycles. The van der Waals surface area contributed by atoms with E-state index in [1.807, 2.05) is 0 Å². The topological polar surface area (TPSA) is 9.23 Å². The maximum atomic E-state index is 12.8. The summed E-state index contributed by atoms with van der Waals surface area (Å²) in [5, 5.41) is 0.986. The zero-order chi connectivity index (χ0) is 14.9. The summed E-state index contributed by atoms with van der Waals surface area (Å²) in [7, 11) is 1.33. The Morgan fingerprint density at radius 2 is 1.65 bits per heavy atom. The molecule has 0 bridgehead atoms. The normalized spacial score (nSPS) is 10.9. The molecule has 1 nitrogen and oxygen atoms in total. The molecule has 0 fully saturated rings. The quantitative estimate of drug-likeness (QED) is 0.601. The number of ether oxygens (including phenoxy) is 1. The molecule has 0 saturated heterocycles. The van der Waals surface area contributed by atoms with Crippen LogP contribution in [0.4, 0.5) is 8.78 Å². The Kier molecular flexibility index (Phi) is 4.74. The minimum absolute atomic E-state index is 0.0737. The molecule has 0 spiro atoms. The van der Waals surface area contributed by atoms with Crippen molar-refractivity contribution in [2.45, 2.75) is 6.43 Å². The average molecular weight is 338 g/mol. The molecule has 0 saturated carbocycles. The molecule has 0 aliphatic carbocycles. The van der Waals surface area contributed by atoms with Crippen LogP contribution in [0.3, 0.4) is 0 Å². The van der Waals surface area contributed by atoms with E-state index >= 15 is 0 Å². The van der Waals surface area contributed by atoms with Crippen molar-refractivity contribution in [1.82, 2.24) is 0 Å². The lowest BCUT2D eigenvalue weighted by Gasteiger charge is -2.13. The number of hydrogen-bond donors (Lipinski definition) is 0. The first-order chi connectivity index (χ1) is 9.45. The molecule has 106 valence electrons. The molecule has 0 N–H and O–H groups in total. The Hall–Kier alpha value is -1.03. The third-order valence-electron chi connectivity index (χ3n) is 2.80. The Balaban J connectivity index is 2.63. The van der Waals surface area contributed by atoms with E-state index in [2.05, 4.69) is 0 Å². The number of rotatable bonds is 3. The van der Waals surface area contributed by atoms with Gasteiger partial charge in [0.25, 0.3) is 6.43 Å². The lowest BCUT2D eigenvalue weighted by Crippen LogP contribution is -1.93. The van der Waals surface area contributed by atoms with Gasteiger partial charge >= 0.3 is 0 Å². The van der Waals surface area contributed by atoms with Crippen molar-refractivity contribution < 1.29 is 13.5 Å². The maximum Gasteiger partial charge on any atom is 0.267 e. The van der Waals surface area contributed by atoms with E-state index in [-0.39, 0.29) is 16.3 Å². The summed E-state index contributed by atoms with van der Waals surface area (Å²) in [5.41, 5.74) is 0.856. The van der Waals surface area contributed by atoms with E-state index < -0.39 is 6.43 Å². The highest BCUT2D eigenvalue weighted by Gasteiger charge is 2.17. The first-order valence-electron chi connectivity index (χ1n) is 5.55. The second kappa shape index (κ2) is 6.17. The van der Waals surface area contributed by atoms with Crippen molar-refractivity contribution in [3.63, 3.8) is 0 Å². The summed E-state index contributed by atoms with van der Waals surface area (Å²) in [4.78, 5) is 0. The van der Waals surface area contributed by atoms with Crippen LogP contribution in [-0.4, -0.2) is 7.11 Å². The van der Waals surface area contributed by atoms with Gasteiger partial charge in [0.2, 0.25) is 0 Å². The number of hydrogen-bond acceptors (Lipinski definition) is 1. The van der Waals surface area contributed by atoms with Crippen LogP contribution >= 0.6 is 34.8 Å². The monoisotopic (exact) mass is 336 g/mol. The van der Waals surface area contributed by atoms with Crippen molar-refractivity contribution >= 4 is 34.8 Å². The van der Waals surface area contributed by atoms with Crippen LogP contribution in [-0.2, 0) is 0 Å². The molecule has 0 aliphatic heterocycles. The molecule has 0 atom stereocenters. The molecule has 0 unspecified atom stereocenters. The Labute approximate surface area is 130 Å². The second-order valence-corrected chi connectivity index (χ2v) is 5.17. The SMILES string of the molecule is COc1cc(-c2c(Cl)ccc(Cl)c2Cl)ccc1C(F)F. The van der Waals surface area contributed by atoms with Crippen LogP contribution < -0.4 is 4.74 Å². The molecule has 0 amide bonds. The van der Waals surface area contributed by atoms with Gasteiger partial charge in [0, 0.05) is 10.6 Å².